The number of rotatable bonds is 12. The lowest BCUT2D eigenvalue weighted by molar-refractivity contribution is -0.384. The number of aryl methyl sites for hydroxylation is 1. The summed E-state index contributed by atoms with van der Waals surface area (Å²) in [5.41, 5.74) is 2.12. The fraction of sp³-hybridized carbons (Fsp3) is 0.323. The molecule has 4 aromatic rings. The number of anilines is 1. The molecule has 13 nitrogen and oxygen atoms in total. The number of ether oxygens (including phenoxy) is 2. The molecular weight excluding hydrogens is 633 g/mol. The highest BCUT2D eigenvalue weighted by Gasteiger charge is 2.29. The fourth-order valence-electron chi connectivity index (χ4n) is 5.06. The van der Waals surface area contributed by atoms with Crippen LogP contribution in [0, 0.1) is 10.1 Å². The number of carbonyl (C=O) groups is 3. The fourth-order valence-corrected chi connectivity index (χ4v) is 7.23. The Balaban J connectivity index is 1.39. The molecule has 240 valence electrons. The van der Waals surface area contributed by atoms with E-state index in [0.717, 1.165) is 47.9 Å². The van der Waals surface area contributed by atoms with Gasteiger partial charge in [-0.25, -0.2) is 4.79 Å². The van der Waals surface area contributed by atoms with Crippen LogP contribution in [0.5, 0.6) is 5.75 Å². The van der Waals surface area contributed by atoms with Crippen molar-refractivity contribution in [1.29, 1.82) is 0 Å². The van der Waals surface area contributed by atoms with Gasteiger partial charge < -0.3 is 20.1 Å². The predicted octanol–water partition coefficient (Wildman–Crippen LogP) is 5.35. The second-order valence-corrected chi connectivity index (χ2v) is 12.7. The third kappa shape index (κ3) is 7.05. The molecule has 0 aliphatic heterocycles. The summed E-state index contributed by atoms with van der Waals surface area (Å²) in [5, 5.41) is 25.7. The van der Waals surface area contributed by atoms with Crippen LogP contribution in [0.2, 0.25) is 0 Å². The van der Waals surface area contributed by atoms with Crippen LogP contribution in [0.4, 0.5) is 10.7 Å². The second kappa shape index (κ2) is 14.6. The highest BCUT2D eigenvalue weighted by atomic mass is 32.2. The molecule has 0 bridgehead atoms. The topological polar surface area (TPSA) is 168 Å². The molecule has 2 heterocycles. The van der Waals surface area contributed by atoms with Crippen molar-refractivity contribution in [1.82, 2.24) is 20.1 Å². The van der Waals surface area contributed by atoms with E-state index < -0.39 is 22.0 Å². The number of nitrogens with one attached hydrogen (secondary N) is 2. The van der Waals surface area contributed by atoms with Gasteiger partial charge in [-0.2, -0.15) is 0 Å². The van der Waals surface area contributed by atoms with Gasteiger partial charge in [0.1, 0.15) is 10.8 Å². The minimum absolute atomic E-state index is 0.0361. The zero-order valence-electron chi connectivity index (χ0n) is 25.4. The molecule has 0 fully saturated rings. The Morgan fingerprint density at radius 2 is 1.85 bits per heavy atom. The smallest absolute Gasteiger partial charge is 0.341 e. The standard InChI is InChI=1S/C31H32N6O7S2/c1-4-44-30(40)26-22-10-6-8-12-24(22)46-29(26)33-27(38)18(2)45-31-35-34-25(36(31)19-13-15-20(16-14-19)37(41)42)17-32-28(39)21-9-5-7-11-23(21)43-3/h5,7,9,11,13-16,18H,4,6,8,10,12,17H2,1-3H3,(H,32,39)(H,33,38). The number of hydrogen-bond acceptors (Lipinski definition) is 11. The molecule has 1 atom stereocenters. The van der Waals surface area contributed by atoms with E-state index in [4.69, 9.17) is 9.47 Å². The van der Waals surface area contributed by atoms with Gasteiger partial charge in [0.15, 0.2) is 11.0 Å². The molecule has 1 aliphatic carbocycles. The summed E-state index contributed by atoms with van der Waals surface area (Å²) >= 11 is 2.53. The third-order valence-electron chi connectivity index (χ3n) is 7.32. The highest BCUT2D eigenvalue weighted by molar-refractivity contribution is 8.00. The monoisotopic (exact) mass is 664 g/mol. The maximum atomic E-state index is 13.5. The Kier molecular flexibility index (Phi) is 10.3. The highest BCUT2D eigenvalue weighted by Crippen LogP contribution is 2.39. The molecule has 1 unspecified atom stereocenters. The van der Waals surface area contributed by atoms with Crippen LogP contribution in [0.3, 0.4) is 0 Å². The number of thiophene rings is 1. The molecule has 0 saturated heterocycles. The van der Waals surface area contributed by atoms with Gasteiger partial charge in [0, 0.05) is 22.7 Å². The van der Waals surface area contributed by atoms with Crippen molar-refractivity contribution in [2.24, 2.45) is 0 Å². The number of hydrogen-bond donors (Lipinski definition) is 2. The van der Waals surface area contributed by atoms with E-state index in [1.54, 1.807) is 54.8 Å². The number of fused-ring (bicyclic) bond motifs is 1. The summed E-state index contributed by atoms with van der Waals surface area (Å²) in [7, 11) is 1.47. The molecule has 2 aromatic heterocycles. The van der Waals surface area contributed by atoms with E-state index in [-0.39, 0.29) is 24.7 Å². The predicted molar refractivity (Wildman–Crippen MR) is 173 cm³/mol. The third-order valence-corrected chi connectivity index (χ3v) is 9.57. The minimum atomic E-state index is -0.689. The molecule has 5 rings (SSSR count). The first-order valence-corrected chi connectivity index (χ1v) is 16.3. The van der Waals surface area contributed by atoms with E-state index in [2.05, 4.69) is 20.8 Å². The zero-order valence-corrected chi connectivity index (χ0v) is 27.0. The Morgan fingerprint density at radius 3 is 2.57 bits per heavy atom. The Morgan fingerprint density at radius 1 is 1.11 bits per heavy atom. The number of benzene rings is 2. The van der Waals surface area contributed by atoms with Crippen molar-refractivity contribution < 1.29 is 28.8 Å². The van der Waals surface area contributed by atoms with Crippen molar-refractivity contribution in [3.8, 4) is 11.4 Å². The molecule has 0 spiro atoms. The summed E-state index contributed by atoms with van der Waals surface area (Å²) in [5.74, 6) is -0.448. The summed E-state index contributed by atoms with van der Waals surface area (Å²) < 4.78 is 12.2. The van der Waals surface area contributed by atoms with Crippen molar-refractivity contribution >= 4 is 51.6 Å². The first-order valence-electron chi connectivity index (χ1n) is 14.6. The summed E-state index contributed by atoms with van der Waals surface area (Å²) in [6.45, 7) is 3.64. The van der Waals surface area contributed by atoms with Gasteiger partial charge in [0.05, 0.1) is 41.6 Å². The number of amides is 2. The molecule has 1 aliphatic rings. The first kappa shape index (κ1) is 32.6. The number of nitrogens with zero attached hydrogens (tertiary/aromatic N) is 4. The lowest BCUT2D eigenvalue weighted by Crippen LogP contribution is -2.25. The summed E-state index contributed by atoms with van der Waals surface area (Å²) in [6.07, 6.45) is 3.60. The van der Waals surface area contributed by atoms with Crippen LogP contribution >= 0.6 is 23.1 Å². The Bertz CT molecular complexity index is 1770. The van der Waals surface area contributed by atoms with E-state index in [9.17, 15) is 24.5 Å². The minimum Gasteiger partial charge on any atom is -0.496 e. The summed E-state index contributed by atoms with van der Waals surface area (Å²) in [4.78, 5) is 51.2. The van der Waals surface area contributed by atoms with Crippen LogP contribution in [-0.2, 0) is 28.9 Å². The van der Waals surface area contributed by atoms with E-state index in [1.165, 1.54) is 30.6 Å². The Hall–Kier alpha value is -4.76. The van der Waals surface area contributed by atoms with Crippen molar-refractivity contribution in [3.63, 3.8) is 0 Å². The van der Waals surface area contributed by atoms with Crippen LogP contribution in [0.25, 0.3) is 5.69 Å². The molecule has 46 heavy (non-hydrogen) atoms. The zero-order chi connectivity index (χ0) is 32.8. The van der Waals surface area contributed by atoms with Gasteiger partial charge in [-0.15, -0.1) is 21.5 Å². The number of thioether (sulfide) groups is 1. The number of aromatic nitrogens is 3. The maximum Gasteiger partial charge on any atom is 0.341 e. The van der Waals surface area contributed by atoms with Crippen LogP contribution in [0.1, 0.15) is 63.7 Å². The largest absolute Gasteiger partial charge is 0.496 e. The lowest BCUT2D eigenvalue weighted by atomic mass is 9.95. The number of non-ortho nitro benzene ring substituents is 1. The quantitative estimate of drug-likeness (QED) is 0.0872. The number of methoxy groups -OCH3 is 1. The first-order chi connectivity index (χ1) is 22.2. The van der Waals surface area contributed by atoms with Crippen molar-refractivity contribution in [2.75, 3.05) is 19.0 Å². The molecule has 15 heteroatoms. The van der Waals surface area contributed by atoms with Gasteiger partial charge in [0.25, 0.3) is 11.6 Å². The number of carbonyl (C=O) groups excluding carboxylic acids is 3. The van der Waals surface area contributed by atoms with Crippen molar-refractivity contribution in [3.05, 3.63) is 86.0 Å². The number of esters is 1. The van der Waals surface area contributed by atoms with Gasteiger partial charge in [0.2, 0.25) is 5.91 Å². The molecule has 0 saturated carbocycles. The lowest BCUT2D eigenvalue weighted by Gasteiger charge is -2.15. The number of nitro groups is 1. The second-order valence-electron chi connectivity index (χ2n) is 10.3. The van der Waals surface area contributed by atoms with E-state index >= 15 is 0 Å². The summed E-state index contributed by atoms with van der Waals surface area (Å²) in [6, 6.07) is 12.6. The maximum absolute atomic E-state index is 13.5. The Labute approximate surface area is 272 Å². The van der Waals surface area contributed by atoms with E-state index in [1.807, 2.05) is 0 Å². The SMILES string of the molecule is CCOC(=O)c1c(NC(=O)C(C)Sc2nnc(CNC(=O)c3ccccc3OC)n2-c2ccc([N+](=O)[O-])cc2)sc2c1CCCC2. The van der Waals surface area contributed by atoms with Gasteiger partial charge in [-0.1, -0.05) is 23.9 Å². The molecule has 2 N–H and O–H groups in total. The van der Waals surface area contributed by atoms with E-state index in [0.29, 0.717) is 38.5 Å². The molecular formula is C31H32N6O7S2. The normalized spacial score (nSPS) is 12.9. The molecule has 2 aromatic carbocycles. The number of nitro benzene ring substituents is 1. The average molecular weight is 665 g/mol. The van der Waals surface area contributed by atoms with Crippen LogP contribution in [0.15, 0.2) is 53.7 Å². The number of para-hydroxylation sites is 1. The average Bonchev–Trinajstić information content (AvgIpc) is 3.64. The molecule has 0 radical (unpaired) electrons. The molecule has 2 amide bonds. The van der Waals surface area contributed by atoms with Crippen molar-refractivity contribution in [2.45, 2.75) is 56.5 Å². The van der Waals surface area contributed by atoms with Gasteiger partial charge >= 0.3 is 5.97 Å². The van der Waals surface area contributed by atoms with Crippen LogP contribution < -0.4 is 15.4 Å². The van der Waals surface area contributed by atoms with Gasteiger partial charge in [-0.05, 0) is 69.4 Å². The van der Waals surface area contributed by atoms with Gasteiger partial charge in [-0.3, -0.25) is 24.3 Å². The van der Waals surface area contributed by atoms with Crippen LogP contribution in [-0.4, -0.2) is 56.4 Å².